The molecule has 0 fully saturated rings. The number of aryl methyl sites for hydroxylation is 2. The van der Waals surface area contributed by atoms with Gasteiger partial charge in [0.05, 0.1) is 17.9 Å². The maximum absolute atomic E-state index is 12.7. The van der Waals surface area contributed by atoms with E-state index in [1.165, 1.54) is 23.3 Å². The lowest BCUT2D eigenvalue weighted by Gasteiger charge is -2.11. The Morgan fingerprint density at radius 3 is 2.62 bits per heavy atom. The van der Waals surface area contributed by atoms with Gasteiger partial charge in [-0.05, 0) is 80.1 Å². The number of halogens is 3. The van der Waals surface area contributed by atoms with E-state index in [2.05, 4.69) is 4.98 Å². The molecule has 1 atom stereocenters. The van der Waals surface area contributed by atoms with Gasteiger partial charge in [0.2, 0.25) is 5.89 Å². The number of hydrogen-bond donors (Lipinski definition) is 0. The van der Waals surface area contributed by atoms with Crippen LogP contribution in [0, 0.1) is 6.92 Å². The molecule has 0 saturated heterocycles. The topological polar surface area (TPSA) is 52.3 Å². The van der Waals surface area contributed by atoms with Crippen molar-refractivity contribution in [2.24, 2.45) is 0 Å². The molecule has 4 rings (SSSR count). The van der Waals surface area contributed by atoms with Gasteiger partial charge in [-0.15, -0.1) is 0 Å². The molecule has 0 N–H and O–H groups in total. The molecule has 7 heteroatoms. The fraction of sp³-hybridized carbons (Fsp3) is 0.360. The molecule has 0 unspecified atom stereocenters. The number of aromatic nitrogens is 1. The van der Waals surface area contributed by atoms with Gasteiger partial charge in [0.1, 0.15) is 17.3 Å². The lowest BCUT2D eigenvalue weighted by atomic mass is 9.96. The van der Waals surface area contributed by atoms with E-state index in [1.54, 1.807) is 13.8 Å². The van der Waals surface area contributed by atoms with Crippen molar-refractivity contribution in [1.82, 2.24) is 4.98 Å². The number of ether oxygens (including phenoxy) is 1. The molecule has 168 valence electrons. The van der Waals surface area contributed by atoms with E-state index in [9.17, 15) is 18.0 Å². The van der Waals surface area contributed by atoms with Gasteiger partial charge < -0.3 is 13.9 Å². The Morgan fingerprint density at radius 1 is 1.19 bits per heavy atom. The largest absolute Gasteiger partial charge is 0.493 e. The van der Waals surface area contributed by atoms with E-state index >= 15 is 0 Å². The summed E-state index contributed by atoms with van der Waals surface area (Å²) in [5.74, 6) is 2.22. The number of carbonyl (C=O) groups is 1. The molecule has 0 aliphatic heterocycles. The third kappa shape index (κ3) is 4.87. The maximum atomic E-state index is 12.7. The summed E-state index contributed by atoms with van der Waals surface area (Å²) in [7, 11) is 0. The minimum atomic E-state index is -4.38. The number of carbonyl (C=O) groups excluding carboxylic acids is 1. The molecular weight excluding hydrogens is 419 g/mol. The van der Waals surface area contributed by atoms with Crippen molar-refractivity contribution in [2.45, 2.75) is 51.6 Å². The Balaban J connectivity index is 1.37. The van der Waals surface area contributed by atoms with Crippen LogP contribution in [0.5, 0.6) is 5.75 Å². The van der Waals surface area contributed by atoms with Crippen LogP contribution in [0.1, 0.15) is 53.8 Å². The molecule has 0 bridgehead atoms. The second-order valence-electron chi connectivity index (χ2n) is 8.20. The zero-order valence-corrected chi connectivity index (χ0v) is 18.0. The molecule has 1 aliphatic rings. The standard InChI is InChI=1S/C25H24F3NO3/c1-15(30)13-18-3-4-19-14-21(9-10-22(18)19)31-12-11-23-16(2)29-24(32-23)17-5-7-20(8-6-17)25(26,27)28/h5-10,14,18H,3-4,11-13H2,1-2H3/t18-/m0/s1. The fourth-order valence-corrected chi connectivity index (χ4v) is 4.18. The highest BCUT2D eigenvalue weighted by atomic mass is 19.4. The van der Waals surface area contributed by atoms with E-state index in [0.29, 0.717) is 48.3 Å². The van der Waals surface area contributed by atoms with E-state index in [4.69, 9.17) is 9.15 Å². The lowest BCUT2D eigenvalue weighted by Crippen LogP contribution is -2.03. The first-order valence-electron chi connectivity index (χ1n) is 10.6. The van der Waals surface area contributed by atoms with Crippen LogP contribution in [0.4, 0.5) is 13.2 Å². The third-order valence-electron chi connectivity index (χ3n) is 5.80. The first-order valence-corrected chi connectivity index (χ1v) is 10.6. The van der Waals surface area contributed by atoms with Crippen LogP contribution in [-0.2, 0) is 23.8 Å². The lowest BCUT2D eigenvalue weighted by molar-refractivity contribution is -0.137. The second-order valence-corrected chi connectivity index (χ2v) is 8.20. The van der Waals surface area contributed by atoms with Gasteiger partial charge in [-0.1, -0.05) is 6.07 Å². The van der Waals surface area contributed by atoms with Crippen molar-refractivity contribution in [1.29, 1.82) is 0 Å². The van der Waals surface area contributed by atoms with Crippen LogP contribution < -0.4 is 4.74 Å². The minimum absolute atomic E-state index is 0.210. The Labute approximate surface area is 184 Å². The van der Waals surface area contributed by atoms with E-state index in [-0.39, 0.29) is 5.78 Å². The Kier molecular flexibility index (Phi) is 6.09. The molecule has 0 radical (unpaired) electrons. The van der Waals surface area contributed by atoms with Crippen LogP contribution in [0.15, 0.2) is 46.9 Å². The number of rotatable bonds is 7. The molecule has 1 aromatic heterocycles. The number of ketones is 1. The van der Waals surface area contributed by atoms with E-state index < -0.39 is 11.7 Å². The highest BCUT2D eigenvalue weighted by molar-refractivity contribution is 5.76. The summed E-state index contributed by atoms with van der Waals surface area (Å²) in [5.41, 5.74) is 2.94. The van der Waals surface area contributed by atoms with Crippen LogP contribution in [0.3, 0.4) is 0 Å². The smallest absolute Gasteiger partial charge is 0.416 e. The number of fused-ring (bicyclic) bond motifs is 1. The molecule has 3 aromatic rings. The van der Waals surface area contributed by atoms with Crippen molar-refractivity contribution in [2.75, 3.05) is 6.61 Å². The molecule has 32 heavy (non-hydrogen) atoms. The molecule has 1 aliphatic carbocycles. The highest BCUT2D eigenvalue weighted by Crippen LogP contribution is 2.37. The van der Waals surface area contributed by atoms with Gasteiger partial charge in [0.15, 0.2) is 0 Å². The van der Waals surface area contributed by atoms with E-state index in [1.807, 2.05) is 18.2 Å². The van der Waals surface area contributed by atoms with Crippen molar-refractivity contribution in [3.05, 3.63) is 70.6 Å². The van der Waals surface area contributed by atoms with Crippen molar-refractivity contribution in [3.8, 4) is 17.2 Å². The van der Waals surface area contributed by atoms with Gasteiger partial charge >= 0.3 is 6.18 Å². The average molecular weight is 443 g/mol. The summed E-state index contributed by atoms with van der Waals surface area (Å²) in [6, 6.07) is 10.8. The molecule has 0 saturated carbocycles. The SMILES string of the molecule is CC(=O)C[C@@H]1CCc2cc(OCCc3oc(-c4ccc(C(F)(F)F)cc4)nc3C)ccc21. The molecular formula is C25H24F3NO3. The zero-order chi connectivity index (χ0) is 22.9. The van der Waals surface area contributed by atoms with Gasteiger partial charge in [-0.2, -0.15) is 13.2 Å². The first kappa shape index (κ1) is 22.1. The first-order chi connectivity index (χ1) is 15.2. The predicted octanol–water partition coefficient (Wildman–Crippen LogP) is 6.30. The van der Waals surface area contributed by atoms with Gasteiger partial charge in [0.25, 0.3) is 0 Å². The molecule has 2 aromatic carbocycles. The summed E-state index contributed by atoms with van der Waals surface area (Å²) in [4.78, 5) is 15.8. The predicted molar refractivity (Wildman–Crippen MR) is 114 cm³/mol. The normalized spacial score (nSPS) is 15.6. The van der Waals surface area contributed by atoms with Crippen LogP contribution >= 0.6 is 0 Å². The second kappa shape index (κ2) is 8.81. The zero-order valence-electron chi connectivity index (χ0n) is 18.0. The van der Waals surface area contributed by atoms with Crippen molar-refractivity contribution >= 4 is 5.78 Å². The highest BCUT2D eigenvalue weighted by Gasteiger charge is 2.30. The summed E-state index contributed by atoms with van der Waals surface area (Å²) < 4.78 is 49.9. The Hall–Kier alpha value is -3.09. The fourth-order valence-electron chi connectivity index (χ4n) is 4.18. The van der Waals surface area contributed by atoms with Crippen molar-refractivity contribution in [3.63, 3.8) is 0 Å². The summed E-state index contributed by atoms with van der Waals surface area (Å²) in [5, 5.41) is 0. The number of benzene rings is 2. The Morgan fingerprint density at radius 2 is 1.94 bits per heavy atom. The van der Waals surface area contributed by atoms with Gasteiger partial charge in [-0.3, -0.25) is 0 Å². The molecule has 1 heterocycles. The average Bonchev–Trinajstić information content (AvgIpc) is 3.30. The number of oxazole rings is 1. The monoisotopic (exact) mass is 443 g/mol. The Bertz CT molecular complexity index is 1120. The quantitative estimate of drug-likeness (QED) is 0.430. The summed E-state index contributed by atoms with van der Waals surface area (Å²) >= 11 is 0. The molecule has 0 amide bonds. The van der Waals surface area contributed by atoms with Gasteiger partial charge in [0, 0.05) is 18.4 Å². The summed E-state index contributed by atoms with van der Waals surface area (Å²) in [6.07, 6.45) is -1.37. The summed E-state index contributed by atoms with van der Waals surface area (Å²) in [6.45, 7) is 3.82. The number of alkyl halides is 3. The van der Waals surface area contributed by atoms with Crippen LogP contribution in [0.2, 0.25) is 0 Å². The van der Waals surface area contributed by atoms with E-state index in [0.717, 1.165) is 30.7 Å². The molecule has 4 nitrogen and oxygen atoms in total. The van der Waals surface area contributed by atoms with Crippen LogP contribution in [0.25, 0.3) is 11.5 Å². The number of nitrogens with zero attached hydrogens (tertiary/aromatic N) is 1. The maximum Gasteiger partial charge on any atom is 0.416 e. The number of hydrogen-bond acceptors (Lipinski definition) is 4. The molecule has 0 spiro atoms. The third-order valence-corrected chi connectivity index (χ3v) is 5.80. The van der Waals surface area contributed by atoms with Gasteiger partial charge in [-0.25, -0.2) is 4.98 Å². The van der Waals surface area contributed by atoms with Crippen LogP contribution in [-0.4, -0.2) is 17.4 Å². The number of Topliss-reactive ketones (excluding diaryl/α,β-unsaturated/α-hetero) is 1. The minimum Gasteiger partial charge on any atom is -0.493 e. The van der Waals surface area contributed by atoms with Crippen molar-refractivity contribution < 1.29 is 27.1 Å².